The SMILES string of the molecule is Cc1ccc(-c2ccno2)cc1-c1cnc(NC(=O)c2snnc2C)cn1. The van der Waals surface area contributed by atoms with E-state index < -0.39 is 0 Å². The predicted octanol–water partition coefficient (Wildman–Crippen LogP) is 3.52. The maximum atomic E-state index is 12.2. The van der Waals surface area contributed by atoms with Crippen LogP contribution < -0.4 is 5.32 Å². The Morgan fingerprint density at radius 1 is 1.15 bits per heavy atom. The van der Waals surface area contributed by atoms with Crippen LogP contribution in [-0.4, -0.2) is 30.6 Å². The summed E-state index contributed by atoms with van der Waals surface area (Å²) in [5.41, 5.74) is 4.16. The lowest BCUT2D eigenvalue weighted by atomic mass is 10.0. The van der Waals surface area contributed by atoms with Crippen LogP contribution >= 0.6 is 11.5 Å². The smallest absolute Gasteiger partial charge is 0.270 e. The van der Waals surface area contributed by atoms with E-state index in [0.29, 0.717) is 27.8 Å². The molecule has 4 aromatic rings. The number of anilines is 1. The van der Waals surface area contributed by atoms with Crippen molar-refractivity contribution in [2.75, 3.05) is 5.32 Å². The molecular formula is C18H14N6O2S. The van der Waals surface area contributed by atoms with Crippen molar-refractivity contribution in [1.82, 2.24) is 24.7 Å². The molecule has 3 heterocycles. The molecule has 0 radical (unpaired) electrons. The second-order valence-corrected chi connectivity index (χ2v) is 6.59. The average Bonchev–Trinajstić information content (AvgIpc) is 3.35. The number of aromatic nitrogens is 5. The fourth-order valence-corrected chi connectivity index (χ4v) is 3.11. The van der Waals surface area contributed by atoms with Gasteiger partial charge in [0.2, 0.25) is 0 Å². The van der Waals surface area contributed by atoms with Crippen molar-refractivity contribution in [2.24, 2.45) is 0 Å². The van der Waals surface area contributed by atoms with Gasteiger partial charge in [0.15, 0.2) is 11.6 Å². The van der Waals surface area contributed by atoms with Crippen LogP contribution in [0.3, 0.4) is 0 Å². The monoisotopic (exact) mass is 378 g/mol. The number of nitrogens with one attached hydrogen (secondary N) is 1. The number of amides is 1. The number of aryl methyl sites for hydroxylation is 2. The summed E-state index contributed by atoms with van der Waals surface area (Å²) < 4.78 is 8.98. The minimum Gasteiger partial charge on any atom is -0.356 e. The van der Waals surface area contributed by atoms with Gasteiger partial charge in [-0.05, 0) is 37.0 Å². The van der Waals surface area contributed by atoms with E-state index in [2.05, 4.69) is 30.0 Å². The van der Waals surface area contributed by atoms with E-state index in [-0.39, 0.29) is 5.91 Å². The Morgan fingerprint density at radius 2 is 2.04 bits per heavy atom. The molecule has 0 saturated carbocycles. The normalized spacial score (nSPS) is 10.7. The van der Waals surface area contributed by atoms with Crippen LogP contribution in [0, 0.1) is 13.8 Å². The zero-order chi connectivity index (χ0) is 18.8. The van der Waals surface area contributed by atoms with Gasteiger partial charge in [-0.25, -0.2) is 4.98 Å². The first kappa shape index (κ1) is 17.0. The zero-order valence-electron chi connectivity index (χ0n) is 14.5. The average molecular weight is 378 g/mol. The summed E-state index contributed by atoms with van der Waals surface area (Å²) in [4.78, 5) is 21.4. The van der Waals surface area contributed by atoms with E-state index in [0.717, 1.165) is 28.2 Å². The number of carbonyl (C=O) groups excluding carboxylic acids is 1. The molecule has 0 aliphatic carbocycles. The van der Waals surface area contributed by atoms with Crippen molar-refractivity contribution in [2.45, 2.75) is 13.8 Å². The summed E-state index contributed by atoms with van der Waals surface area (Å²) in [6, 6.07) is 7.73. The van der Waals surface area contributed by atoms with Crippen molar-refractivity contribution in [3.05, 3.63) is 59.0 Å². The first-order chi connectivity index (χ1) is 13.1. The number of hydrogen-bond donors (Lipinski definition) is 1. The van der Waals surface area contributed by atoms with Gasteiger partial charge in [-0.1, -0.05) is 21.8 Å². The van der Waals surface area contributed by atoms with Crippen molar-refractivity contribution in [1.29, 1.82) is 0 Å². The second-order valence-electron chi connectivity index (χ2n) is 5.83. The maximum absolute atomic E-state index is 12.2. The minimum absolute atomic E-state index is 0.298. The van der Waals surface area contributed by atoms with Crippen molar-refractivity contribution in [3.8, 4) is 22.6 Å². The molecule has 9 heteroatoms. The maximum Gasteiger partial charge on any atom is 0.270 e. The second kappa shape index (κ2) is 7.04. The summed E-state index contributed by atoms with van der Waals surface area (Å²) in [5, 5.41) is 10.3. The van der Waals surface area contributed by atoms with E-state index in [1.807, 2.05) is 25.1 Å². The van der Waals surface area contributed by atoms with E-state index in [4.69, 9.17) is 4.52 Å². The summed E-state index contributed by atoms with van der Waals surface area (Å²) in [6.45, 7) is 3.73. The van der Waals surface area contributed by atoms with Gasteiger partial charge < -0.3 is 9.84 Å². The van der Waals surface area contributed by atoms with Gasteiger partial charge >= 0.3 is 0 Å². The molecule has 134 valence electrons. The third-order valence-electron chi connectivity index (χ3n) is 3.99. The highest BCUT2D eigenvalue weighted by atomic mass is 32.1. The molecule has 0 bridgehead atoms. The van der Waals surface area contributed by atoms with Gasteiger partial charge in [-0.2, -0.15) is 0 Å². The molecule has 0 atom stereocenters. The fraction of sp³-hybridized carbons (Fsp3) is 0.111. The molecule has 0 unspecified atom stereocenters. The lowest BCUT2D eigenvalue weighted by Crippen LogP contribution is -2.13. The van der Waals surface area contributed by atoms with Crippen LogP contribution in [0.2, 0.25) is 0 Å². The molecule has 0 saturated heterocycles. The van der Waals surface area contributed by atoms with E-state index in [1.165, 1.54) is 6.20 Å². The molecule has 0 fully saturated rings. The molecular weight excluding hydrogens is 364 g/mol. The zero-order valence-corrected chi connectivity index (χ0v) is 15.3. The Bertz CT molecular complexity index is 1090. The van der Waals surface area contributed by atoms with Crippen LogP contribution in [0.15, 0.2) is 47.4 Å². The Labute approximate surface area is 158 Å². The Hall–Kier alpha value is -3.46. The molecule has 0 aliphatic heterocycles. The predicted molar refractivity (Wildman–Crippen MR) is 100 cm³/mol. The highest BCUT2D eigenvalue weighted by Gasteiger charge is 2.14. The number of rotatable bonds is 4. The molecule has 27 heavy (non-hydrogen) atoms. The molecule has 0 aliphatic rings. The van der Waals surface area contributed by atoms with Crippen LogP contribution in [-0.2, 0) is 0 Å². The first-order valence-electron chi connectivity index (χ1n) is 8.06. The third-order valence-corrected chi connectivity index (χ3v) is 4.81. The summed E-state index contributed by atoms with van der Waals surface area (Å²) in [6.07, 6.45) is 4.75. The standard InChI is InChI=1S/C18H14N6O2S/c1-10-3-4-12(15-5-6-21-26-15)7-13(10)14-8-20-16(9-19-14)22-18(25)17-11(2)23-24-27-17/h3-9H,1-2H3,(H,20,22,25). The van der Waals surface area contributed by atoms with Crippen LogP contribution in [0.25, 0.3) is 22.6 Å². The van der Waals surface area contributed by atoms with Gasteiger partial charge in [-0.15, -0.1) is 5.10 Å². The fourth-order valence-electron chi connectivity index (χ4n) is 2.56. The van der Waals surface area contributed by atoms with Crippen LogP contribution in [0.4, 0.5) is 5.82 Å². The number of nitrogens with zero attached hydrogens (tertiary/aromatic N) is 5. The largest absolute Gasteiger partial charge is 0.356 e. The lowest BCUT2D eigenvalue weighted by molar-refractivity contribution is 0.102. The highest BCUT2D eigenvalue weighted by Crippen LogP contribution is 2.28. The Kier molecular flexibility index (Phi) is 4.43. The van der Waals surface area contributed by atoms with Crippen molar-refractivity contribution in [3.63, 3.8) is 0 Å². The molecule has 3 aromatic heterocycles. The molecule has 0 spiro atoms. The minimum atomic E-state index is -0.298. The molecule has 1 N–H and O–H groups in total. The van der Waals surface area contributed by atoms with E-state index in [1.54, 1.807) is 25.4 Å². The number of benzene rings is 1. The van der Waals surface area contributed by atoms with Crippen molar-refractivity contribution < 1.29 is 9.32 Å². The van der Waals surface area contributed by atoms with Crippen LogP contribution in [0.5, 0.6) is 0 Å². The summed E-state index contributed by atoms with van der Waals surface area (Å²) in [7, 11) is 0. The molecule has 1 amide bonds. The van der Waals surface area contributed by atoms with Gasteiger partial charge in [0.05, 0.1) is 30.0 Å². The topological polar surface area (TPSA) is 107 Å². The Balaban J connectivity index is 1.58. The molecule has 1 aromatic carbocycles. The quantitative estimate of drug-likeness (QED) is 0.579. The van der Waals surface area contributed by atoms with Crippen molar-refractivity contribution >= 4 is 23.3 Å². The van der Waals surface area contributed by atoms with Gasteiger partial charge in [0, 0.05) is 17.2 Å². The lowest BCUT2D eigenvalue weighted by Gasteiger charge is -2.08. The Morgan fingerprint density at radius 3 is 2.70 bits per heavy atom. The molecule has 8 nitrogen and oxygen atoms in total. The van der Waals surface area contributed by atoms with E-state index >= 15 is 0 Å². The third kappa shape index (κ3) is 3.44. The van der Waals surface area contributed by atoms with Crippen LogP contribution in [0.1, 0.15) is 20.9 Å². The van der Waals surface area contributed by atoms with Gasteiger partial charge in [0.1, 0.15) is 4.88 Å². The van der Waals surface area contributed by atoms with E-state index in [9.17, 15) is 4.79 Å². The number of hydrogen-bond acceptors (Lipinski definition) is 8. The van der Waals surface area contributed by atoms with Gasteiger partial charge in [0.25, 0.3) is 5.91 Å². The highest BCUT2D eigenvalue weighted by molar-refractivity contribution is 7.08. The summed E-state index contributed by atoms with van der Waals surface area (Å²) in [5.74, 6) is 0.746. The summed E-state index contributed by atoms with van der Waals surface area (Å²) >= 11 is 1.04. The van der Waals surface area contributed by atoms with Gasteiger partial charge in [-0.3, -0.25) is 9.78 Å². The number of carbonyl (C=O) groups is 1. The first-order valence-corrected chi connectivity index (χ1v) is 8.83. The molecule has 4 rings (SSSR count).